The molecule has 0 N–H and O–H groups in total. The molecule has 0 bridgehead atoms. The monoisotopic (exact) mass is 298 g/mol. The molecule has 0 fully saturated rings. The number of ether oxygens (including phenoxy) is 1. The van der Waals surface area contributed by atoms with Gasteiger partial charge in [0.1, 0.15) is 12.4 Å². The summed E-state index contributed by atoms with van der Waals surface area (Å²) >= 11 is 0. The maximum atomic E-state index is 12.0. The highest BCUT2D eigenvalue weighted by atomic mass is 16.5. The molecule has 2 heterocycles. The minimum absolute atomic E-state index is 0.288. The molecular formula is C14H14N6O2. The standard InChI is InChI=1S/C14H14N6O2/c1-10-4-3-5-13(20-14(21)19(2)17-18-20)12(10)9-22-11-6-7-15-16-8-11/h3-8H,9H2,1-2H3. The van der Waals surface area contributed by atoms with Crippen molar-refractivity contribution in [1.82, 2.24) is 30.0 Å². The second-order valence-corrected chi connectivity index (χ2v) is 4.74. The van der Waals surface area contributed by atoms with E-state index >= 15 is 0 Å². The first-order valence-corrected chi connectivity index (χ1v) is 6.64. The lowest BCUT2D eigenvalue weighted by Crippen LogP contribution is -2.23. The van der Waals surface area contributed by atoms with E-state index in [1.54, 1.807) is 19.3 Å². The Labute approximate surface area is 126 Å². The summed E-state index contributed by atoms with van der Waals surface area (Å²) in [6, 6.07) is 7.35. The molecule has 3 rings (SSSR count). The molecule has 8 heteroatoms. The Morgan fingerprint density at radius 2 is 2.05 bits per heavy atom. The predicted molar refractivity (Wildman–Crippen MR) is 77.7 cm³/mol. The van der Waals surface area contributed by atoms with Gasteiger partial charge < -0.3 is 4.74 Å². The van der Waals surface area contributed by atoms with E-state index in [1.165, 1.54) is 15.6 Å². The minimum atomic E-state index is -0.308. The lowest BCUT2D eigenvalue weighted by Gasteiger charge is -2.12. The van der Waals surface area contributed by atoms with Crippen LogP contribution in [0.2, 0.25) is 0 Å². The first-order valence-electron chi connectivity index (χ1n) is 6.64. The number of tetrazole rings is 1. The van der Waals surface area contributed by atoms with Gasteiger partial charge in [0.2, 0.25) is 0 Å². The Bertz CT molecular complexity index is 840. The maximum absolute atomic E-state index is 12.0. The molecule has 8 nitrogen and oxygen atoms in total. The third-order valence-electron chi connectivity index (χ3n) is 3.28. The van der Waals surface area contributed by atoms with Crippen LogP contribution < -0.4 is 10.4 Å². The van der Waals surface area contributed by atoms with Crippen molar-refractivity contribution in [3.05, 3.63) is 58.3 Å². The molecule has 0 aliphatic carbocycles. The quantitative estimate of drug-likeness (QED) is 0.702. The van der Waals surface area contributed by atoms with Gasteiger partial charge in [0.05, 0.1) is 18.1 Å². The normalized spacial score (nSPS) is 10.6. The third kappa shape index (κ3) is 2.58. The van der Waals surface area contributed by atoms with Crippen LogP contribution in [0.25, 0.3) is 5.69 Å². The zero-order valence-electron chi connectivity index (χ0n) is 12.2. The van der Waals surface area contributed by atoms with Crippen LogP contribution in [0.15, 0.2) is 41.5 Å². The van der Waals surface area contributed by atoms with Crippen molar-refractivity contribution in [2.24, 2.45) is 7.05 Å². The number of hydrogen-bond donors (Lipinski definition) is 0. The largest absolute Gasteiger partial charge is 0.487 e. The molecule has 0 amide bonds. The van der Waals surface area contributed by atoms with Gasteiger partial charge in [-0.25, -0.2) is 4.79 Å². The molecule has 0 spiro atoms. The molecule has 0 saturated heterocycles. The average molecular weight is 298 g/mol. The van der Waals surface area contributed by atoms with E-state index in [0.29, 0.717) is 11.4 Å². The summed E-state index contributed by atoms with van der Waals surface area (Å²) in [4.78, 5) is 12.0. The minimum Gasteiger partial charge on any atom is -0.487 e. The Kier molecular flexibility index (Phi) is 3.65. The van der Waals surface area contributed by atoms with Gasteiger partial charge in [-0.15, -0.1) is 0 Å². The summed E-state index contributed by atoms with van der Waals surface area (Å²) in [6.45, 7) is 2.24. The number of rotatable bonds is 4. The number of aromatic nitrogens is 6. The van der Waals surface area contributed by atoms with E-state index in [9.17, 15) is 4.79 Å². The Morgan fingerprint density at radius 1 is 1.18 bits per heavy atom. The Balaban J connectivity index is 1.97. The molecule has 0 saturated carbocycles. The molecule has 22 heavy (non-hydrogen) atoms. The average Bonchev–Trinajstić information content (AvgIpc) is 2.86. The van der Waals surface area contributed by atoms with Crippen molar-refractivity contribution in [2.45, 2.75) is 13.5 Å². The van der Waals surface area contributed by atoms with Crippen LogP contribution in [0.5, 0.6) is 5.75 Å². The fraction of sp³-hybridized carbons (Fsp3) is 0.214. The van der Waals surface area contributed by atoms with Crippen molar-refractivity contribution >= 4 is 0 Å². The molecule has 3 aromatic rings. The van der Waals surface area contributed by atoms with Gasteiger partial charge in [-0.1, -0.05) is 12.1 Å². The smallest absolute Gasteiger partial charge is 0.368 e. The van der Waals surface area contributed by atoms with Crippen LogP contribution in [-0.4, -0.2) is 30.0 Å². The highest BCUT2D eigenvalue weighted by molar-refractivity contribution is 5.44. The summed E-state index contributed by atoms with van der Waals surface area (Å²) in [7, 11) is 1.56. The molecule has 0 unspecified atom stereocenters. The number of hydrogen-bond acceptors (Lipinski definition) is 6. The molecular weight excluding hydrogens is 284 g/mol. The van der Waals surface area contributed by atoms with Crippen LogP contribution in [0.1, 0.15) is 11.1 Å². The summed E-state index contributed by atoms with van der Waals surface area (Å²) in [5, 5.41) is 15.1. The first-order chi connectivity index (χ1) is 10.7. The van der Waals surface area contributed by atoms with Gasteiger partial charge >= 0.3 is 5.69 Å². The second-order valence-electron chi connectivity index (χ2n) is 4.74. The number of aryl methyl sites for hydroxylation is 2. The molecule has 0 atom stereocenters. The summed E-state index contributed by atoms with van der Waals surface area (Å²) in [5.74, 6) is 0.607. The van der Waals surface area contributed by atoms with Crippen molar-refractivity contribution in [3.63, 3.8) is 0 Å². The van der Waals surface area contributed by atoms with Gasteiger partial charge in [-0.2, -0.15) is 19.6 Å². The van der Waals surface area contributed by atoms with E-state index in [0.717, 1.165) is 11.1 Å². The highest BCUT2D eigenvalue weighted by Gasteiger charge is 2.13. The molecule has 2 aromatic heterocycles. The van der Waals surface area contributed by atoms with Crippen molar-refractivity contribution in [2.75, 3.05) is 0 Å². The first kappa shape index (κ1) is 13.9. The molecule has 0 aliphatic heterocycles. The van der Waals surface area contributed by atoms with Crippen LogP contribution >= 0.6 is 0 Å². The number of benzene rings is 1. The van der Waals surface area contributed by atoms with E-state index < -0.39 is 0 Å². The predicted octanol–water partition coefficient (Wildman–Crippen LogP) is 0.643. The van der Waals surface area contributed by atoms with Crippen LogP contribution in [0.3, 0.4) is 0 Å². The third-order valence-corrected chi connectivity index (χ3v) is 3.28. The van der Waals surface area contributed by atoms with E-state index in [1.807, 2.05) is 25.1 Å². The fourth-order valence-electron chi connectivity index (χ4n) is 2.06. The van der Waals surface area contributed by atoms with E-state index in [2.05, 4.69) is 20.6 Å². The second kappa shape index (κ2) is 5.76. The number of nitrogens with zero attached hydrogens (tertiary/aromatic N) is 6. The summed E-state index contributed by atoms with van der Waals surface area (Å²) in [6.07, 6.45) is 3.09. The van der Waals surface area contributed by atoms with Gasteiger partial charge in [-0.3, -0.25) is 0 Å². The fourth-order valence-corrected chi connectivity index (χ4v) is 2.06. The van der Waals surface area contributed by atoms with Crippen LogP contribution in [0.4, 0.5) is 0 Å². The van der Waals surface area contributed by atoms with Gasteiger partial charge in [0, 0.05) is 18.7 Å². The van der Waals surface area contributed by atoms with Crippen LogP contribution in [0, 0.1) is 6.92 Å². The van der Waals surface area contributed by atoms with E-state index in [4.69, 9.17) is 4.74 Å². The Morgan fingerprint density at radius 3 is 2.73 bits per heavy atom. The van der Waals surface area contributed by atoms with Gasteiger partial charge in [0.25, 0.3) is 0 Å². The van der Waals surface area contributed by atoms with Crippen molar-refractivity contribution in [1.29, 1.82) is 0 Å². The zero-order chi connectivity index (χ0) is 15.5. The topological polar surface area (TPSA) is 87.7 Å². The zero-order valence-corrected chi connectivity index (χ0v) is 12.2. The molecule has 112 valence electrons. The van der Waals surface area contributed by atoms with Gasteiger partial charge in [0.15, 0.2) is 0 Å². The SMILES string of the molecule is Cc1cccc(-n2nnn(C)c2=O)c1COc1ccnnc1. The van der Waals surface area contributed by atoms with E-state index in [-0.39, 0.29) is 12.3 Å². The van der Waals surface area contributed by atoms with Crippen molar-refractivity contribution < 1.29 is 4.74 Å². The van der Waals surface area contributed by atoms with Gasteiger partial charge in [-0.05, 0) is 29.0 Å². The lowest BCUT2D eigenvalue weighted by atomic mass is 10.1. The lowest BCUT2D eigenvalue weighted by molar-refractivity contribution is 0.302. The summed E-state index contributed by atoms with van der Waals surface area (Å²) in [5.41, 5.74) is 2.21. The van der Waals surface area contributed by atoms with Crippen LogP contribution in [-0.2, 0) is 13.7 Å². The van der Waals surface area contributed by atoms with Crippen molar-refractivity contribution in [3.8, 4) is 11.4 Å². The molecule has 1 aromatic carbocycles. The highest BCUT2D eigenvalue weighted by Crippen LogP contribution is 2.19. The molecule has 0 aliphatic rings. The summed E-state index contributed by atoms with van der Waals surface area (Å²) < 4.78 is 8.15. The maximum Gasteiger partial charge on any atom is 0.368 e. The Hall–Kier alpha value is -3.03. The molecule has 0 radical (unpaired) electrons.